The molecule has 118 valence electrons. The molecule has 24 heavy (non-hydrogen) atoms. The Morgan fingerprint density at radius 2 is 0.958 bits per heavy atom. The molecule has 0 spiro atoms. The molecule has 0 fully saturated rings. The number of benzene rings is 3. The molecule has 0 saturated carbocycles. The van der Waals surface area contributed by atoms with Gasteiger partial charge < -0.3 is 5.11 Å². The van der Waals surface area contributed by atoms with Crippen LogP contribution >= 0.6 is 0 Å². The summed E-state index contributed by atoms with van der Waals surface area (Å²) in [5.74, 6) is -1.01. The van der Waals surface area contributed by atoms with Crippen LogP contribution in [0.15, 0.2) is 103 Å². The molecule has 0 aliphatic rings. The van der Waals surface area contributed by atoms with Crippen molar-refractivity contribution in [2.75, 3.05) is 0 Å². The van der Waals surface area contributed by atoms with Crippen LogP contribution in [-0.2, 0) is 10.2 Å². The fraction of sp³-hybridized carbons (Fsp3) is 0.0455. The van der Waals surface area contributed by atoms with Crippen LogP contribution in [0.4, 0.5) is 0 Å². The van der Waals surface area contributed by atoms with Gasteiger partial charge in [0.25, 0.3) is 0 Å². The molecule has 2 nitrogen and oxygen atoms in total. The standard InChI is InChI=1S/C22H18O2/c1-17(21(23)24)22(18-11-5-2-6-12-18,19-13-7-3-8-14-19)20-15-9-4-10-16-20/h2-16H,1H2,(H,23,24). The van der Waals surface area contributed by atoms with Gasteiger partial charge in [0, 0.05) is 5.57 Å². The minimum absolute atomic E-state index is 0.131. The van der Waals surface area contributed by atoms with Crippen LogP contribution in [0.5, 0.6) is 0 Å². The first-order chi connectivity index (χ1) is 11.7. The zero-order chi connectivity index (χ0) is 17.0. The van der Waals surface area contributed by atoms with Crippen molar-refractivity contribution < 1.29 is 9.90 Å². The smallest absolute Gasteiger partial charge is 0.332 e. The number of aliphatic carboxylic acids is 1. The van der Waals surface area contributed by atoms with Crippen LogP contribution in [0.2, 0.25) is 0 Å². The Kier molecular flexibility index (Phi) is 4.30. The van der Waals surface area contributed by atoms with Gasteiger partial charge in [-0.25, -0.2) is 4.79 Å². The second-order valence-corrected chi connectivity index (χ2v) is 5.63. The molecule has 0 aliphatic heterocycles. The molecule has 0 atom stereocenters. The van der Waals surface area contributed by atoms with Crippen LogP contribution in [-0.4, -0.2) is 11.1 Å². The molecule has 0 saturated heterocycles. The van der Waals surface area contributed by atoms with Crippen LogP contribution in [0.3, 0.4) is 0 Å². The number of carbonyl (C=O) groups is 1. The quantitative estimate of drug-likeness (QED) is 0.549. The summed E-state index contributed by atoms with van der Waals surface area (Å²) >= 11 is 0. The van der Waals surface area contributed by atoms with Gasteiger partial charge >= 0.3 is 5.97 Å². The molecule has 0 amide bonds. The highest BCUT2D eigenvalue weighted by Crippen LogP contribution is 2.44. The summed E-state index contributed by atoms with van der Waals surface area (Å²) in [4.78, 5) is 12.0. The van der Waals surface area contributed by atoms with E-state index in [0.717, 1.165) is 16.7 Å². The van der Waals surface area contributed by atoms with Gasteiger partial charge in [0.15, 0.2) is 0 Å². The second kappa shape index (κ2) is 6.55. The number of hydrogen-bond donors (Lipinski definition) is 1. The van der Waals surface area contributed by atoms with Crippen molar-refractivity contribution in [3.63, 3.8) is 0 Å². The van der Waals surface area contributed by atoms with Gasteiger partial charge in [0.05, 0.1) is 5.41 Å². The van der Waals surface area contributed by atoms with E-state index >= 15 is 0 Å². The van der Waals surface area contributed by atoms with Crippen molar-refractivity contribution in [1.82, 2.24) is 0 Å². The maximum atomic E-state index is 12.0. The zero-order valence-corrected chi connectivity index (χ0v) is 13.2. The lowest BCUT2D eigenvalue weighted by molar-refractivity contribution is -0.133. The van der Waals surface area contributed by atoms with E-state index in [9.17, 15) is 9.90 Å². The van der Waals surface area contributed by atoms with Crippen molar-refractivity contribution in [1.29, 1.82) is 0 Å². The molecule has 2 heteroatoms. The predicted molar refractivity (Wildman–Crippen MR) is 96.0 cm³/mol. The van der Waals surface area contributed by atoms with Gasteiger partial charge in [-0.1, -0.05) is 97.6 Å². The topological polar surface area (TPSA) is 37.3 Å². The number of hydrogen-bond acceptors (Lipinski definition) is 1. The lowest BCUT2D eigenvalue weighted by Crippen LogP contribution is -2.34. The SMILES string of the molecule is C=C(C(=O)O)C(c1ccccc1)(c1ccccc1)c1ccccc1. The summed E-state index contributed by atoms with van der Waals surface area (Å²) in [6.45, 7) is 3.96. The Labute approximate surface area is 141 Å². The average Bonchev–Trinajstić information content (AvgIpc) is 2.65. The predicted octanol–water partition coefficient (Wildman–Crippen LogP) is 4.66. The maximum Gasteiger partial charge on any atom is 0.332 e. The first-order valence-electron chi connectivity index (χ1n) is 7.76. The summed E-state index contributed by atoms with van der Waals surface area (Å²) in [6.07, 6.45) is 0. The second-order valence-electron chi connectivity index (χ2n) is 5.63. The summed E-state index contributed by atoms with van der Waals surface area (Å²) in [6, 6.07) is 29.0. The van der Waals surface area contributed by atoms with E-state index in [2.05, 4.69) is 6.58 Å². The third-order valence-electron chi connectivity index (χ3n) is 4.33. The highest BCUT2D eigenvalue weighted by atomic mass is 16.4. The lowest BCUT2D eigenvalue weighted by atomic mass is 9.65. The Balaban J connectivity index is 2.42. The Hall–Kier alpha value is -3.13. The van der Waals surface area contributed by atoms with Crippen molar-refractivity contribution in [3.8, 4) is 0 Å². The van der Waals surface area contributed by atoms with Crippen LogP contribution in [0.1, 0.15) is 16.7 Å². The van der Waals surface area contributed by atoms with E-state index in [4.69, 9.17) is 0 Å². The van der Waals surface area contributed by atoms with E-state index in [-0.39, 0.29) is 5.57 Å². The van der Waals surface area contributed by atoms with Gasteiger partial charge in [-0.3, -0.25) is 0 Å². The molecule has 0 aromatic heterocycles. The summed E-state index contributed by atoms with van der Waals surface area (Å²) in [7, 11) is 0. The monoisotopic (exact) mass is 314 g/mol. The van der Waals surface area contributed by atoms with Crippen LogP contribution < -0.4 is 0 Å². The molecule has 0 bridgehead atoms. The molecule has 0 radical (unpaired) electrons. The van der Waals surface area contributed by atoms with Crippen LogP contribution in [0.25, 0.3) is 0 Å². The Morgan fingerprint density at radius 3 is 1.21 bits per heavy atom. The minimum atomic E-state index is -1.01. The van der Waals surface area contributed by atoms with E-state index < -0.39 is 11.4 Å². The lowest BCUT2D eigenvalue weighted by Gasteiger charge is -2.36. The highest BCUT2D eigenvalue weighted by Gasteiger charge is 2.41. The molecule has 0 aliphatic carbocycles. The third-order valence-corrected chi connectivity index (χ3v) is 4.33. The fourth-order valence-corrected chi connectivity index (χ4v) is 3.25. The molecular weight excluding hydrogens is 296 g/mol. The molecule has 3 rings (SSSR count). The van der Waals surface area contributed by atoms with Crippen molar-refractivity contribution >= 4 is 5.97 Å². The molecular formula is C22H18O2. The number of carboxylic acid groups (broad SMARTS) is 1. The van der Waals surface area contributed by atoms with Crippen molar-refractivity contribution in [2.45, 2.75) is 5.41 Å². The maximum absolute atomic E-state index is 12.0. The van der Waals surface area contributed by atoms with Gasteiger partial charge in [-0.05, 0) is 16.7 Å². The van der Waals surface area contributed by atoms with Gasteiger partial charge in [-0.15, -0.1) is 0 Å². The first-order valence-corrected chi connectivity index (χ1v) is 7.76. The average molecular weight is 314 g/mol. The summed E-state index contributed by atoms with van der Waals surface area (Å²) in [5, 5.41) is 9.80. The van der Waals surface area contributed by atoms with Crippen molar-refractivity contribution in [3.05, 3.63) is 120 Å². The van der Waals surface area contributed by atoms with Crippen molar-refractivity contribution in [2.24, 2.45) is 0 Å². The zero-order valence-electron chi connectivity index (χ0n) is 13.2. The first kappa shape index (κ1) is 15.8. The molecule has 1 N–H and O–H groups in total. The van der Waals surface area contributed by atoms with Gasteiger partial charge in [-0.2, -0.15) is 0 Å². The summed E-state index contributed by atoms with van der Waals surface area (Å²) in [5.41, 5.74) is 1.85. The normalized spacial score (nSPS) is 11.0. The van der Waals surface area contributed by atoms with Gasteiger partial charge in [0.2, 0.25) is 0 Å². The van der Waals surface area contributed by atoms with E-state index in [1.807, 2.05) is 91.0 Å². The largest absolute Gasteiger partial charge is 0.478 e. The number of rotatable bonds is 5. The van der Waals surface area contributed by atoms with Gasteiger partial charge in [0.1, 0.15) is 0 Å². The highest BCUT2D eigenvalue weighted by molar-refractivity contribution is 5.92. The van der Waals surface area contributed by atoms with E-state index in [1.165, 1.54) is 0 Å². The molecule has 3 aromatic rings. The van der Waals surface area contributed by atoms with E-state index in [1.54, 1.807) is 0 Å². The summed E-state index contributed by atoms with van der Waals surface area (Å²) < 4.78 is 0. The molecule has 0 unspecified atom stereocenters. The third kappa shape index (κ3) is 2.52. The fourth-order valence-electron chi connectivity index (χ4n) is 3.25. The molecule has 3 aromatic carbocycles. The van der Waals surface area contributed by atoms with Crippen LogP contribution in [0, 0.1) is 0 Å². The Morgan fingerprint density at radius 1 is 0.667 bits per heavy atom. The van der Waals surface area contributed by atoms with E-state index in [0.29, 0.717) is 0 Å². The Bertz CT molecular complexity index is 740. The molecule has 0 heterocycles. The number of carboxylic acids is 1. The minimum Gasteiger partial charge on any atom is -0.478 e.